The maximum absolute atomic E-state index is 11.6. The van der Waals surface area contributed by atoms with Crippen LogP contribution in [0.3, 0.4) is 0 Å². The summed E-state index contributed by atoms with van der Waals surface area (Å²) in [5, 5.41) is 3.03. The first-order valence-electron chi connectivity index (χ1n) is 4.36. The monoisotopic (exact) mass is 222 g/mol. The van der Waals surface area contributed by atoms with Crippen molar-refractivity contribution in [2.24, 2.45) is 0 Å². The van der Waals surface area contributed by atoms with Crippen LogP contribution >= 0.6 is 11.6 Å². The molecule has 1 aromatic heterocycles. The normalized spacial score (nSPS) is 10.5. The van der Waals surface area contributed by atoms with Gasteiger partial charge in [-0.15, -0.1) is 6.42 Å². The zero-order chi connectivity index (χ0) is 11.5. The van der Waals surface area contributed by atoms with E-state index < -0.39 is 5.54 Å². The molecule has 0 fully saturated rings. The van der Waals surface area contributed by atoms with E-state index >= 15 is 0 Å². The second-order valence-electron chi connectivity index (χ2n) is 3.59. The molecule has 0 aliphatic carbocycles. The Bertz CT molecular complexity index is 404. The number of hydrogen-bond donors (Lipinski definition) is 1. The third kappa shape index (κ3) is 3.26. The van der Waals surface area contributed by atoms with Gasteiger partial charge in [0.2, 0.25) is 0 Å². The van der Waals surface area contributed by atoms with Crippen LogP contribution in [-0.4, -0.2) is 16.4 Å². The molecule has 1 aromatic rings. The van der Waals surface area contributed by atoms with Crippen LogP contribution in [0.1, 0.15) is 24.2 Å². The Kier molecular flexibility index (Phi) is 3.33. The summed E-state index contributed by atoms with van der Waals surface area (Å²) in [6.07, 6.45) is 6.66. The zero-order valence-corrected chi connectivity index (χ0v) is 9.30. The smallest absolute Gasteiger partial charge is 0.254 e. The van der Waals surface area contributed by atoms with Gasteiger partial charge in [-0.05, 0) is 26.0 Å². The van der Waals surface area contributed by atoms with Crippen molar-refractivity contribution in [1.82, 2.24) is 10.3 Å². The van der Waals surface area contributed by atoms with Gasteiger partial charge >= 0.3 is 0 Å². The Morgan fingerprint density at radius 2 is 2.27 bits per heavy atom. The van der Waals surface area contributed by atoms with Crippen molar-refractivity contribution in [1.29, 1.82) is 0 Å². The van der Waals surface area contributed by atoms with E-state index in [1.54, 1.807) is 26.0 Å². The van der Waals surface area contributed by atoms with E-state index in [0.717, 1.165) is 0 Å². The van der Waals surface area contributed by atoms with E-state index in [0.29, 0.717) is 10.7 Å². The highest BCUT2D eigenvalue weighted by Gasteiger charge is 2.17. The van der Waals surface area contributed by atoms with Crippen molar-refractivity contribution in [2.45, 2.75) is 19.4 Å². The molecule has 1 N–H and O–H groups in total. The molecule has 1 rings (SSSR count). The van der Waals surface area contributed by atoms with Crippen molar-refractivity contribution in [3.8, 4) is 12.3 Å². The topological polar surface area (TPSA) is 42.0 Å². The molecular weight excluding hydrogens is 212 g/mol. The standard InChI is InChI=1S/C11H11ClN2O/c1-4-11(2,3)14-10(15)8-5-6-9(12)13-7-8/h1,5-7H,2-3H3,(H,14,15). The van der Waals surface area contributed by atoms with E-state index in [4.69, 9.17) is 18.0 Å². The fourth-order valence-corrected chi connectivity index (χ4v) is 1.01. The van der Waals surface area contributed by atoms with Crippen molar-refractivity contribution in [3.63, 3.8) is 0 Å². The van der Waals surface area contributed by atoms with Crippen molar-refractivity contribution >= 4 is 17.5 Å². The Morgan fingerprint density at radius 1 is 1.60 bits per heavy atom. The van der Waals surface area contributed by atoms with Crippen molar-refractivity contribution in [2.75, 3.05) is 0 Å². The number of nitrogens with one attached hydrogen (secondary N) is 1. The molecule has 0 aliphatic rings. The number of pyridine rings is 1. The van der Waals surface area contributed by atoms with E-state index in [2.05, 4.69) is 16.2 Å². The molecule has 78 valence electrons. The fraction of sp³-hybridized carbons (Fsp3) is 0.273. The van der Waals surface area contributed by atoms with Gasteiger partial charge in [0.05, 0.1) is 11.1 Å². The highest BCUT2D eigenvalue weighted by molar-refractivity contribution is 6.29. The first-order valence-corrected chi connectivity index (χ1v) is 4.74. The van der Waals surface area contributed by atoms with E-state index in [1.165, 1.54) is 6.20 Å². The number of halogens is 1. The van der Waals surface area contributed by atoms with Crippen LogP contribution in [0.4, 0.5) is 0 Å². The Balaban J connectivity index is 2.79. The van der Waals surface area contributed by atoms with E-state index in [1.807, 2.05) is 0 Å². The Hall–Kier alpha value is -1.53. The molecule has 3 nitrogen and oxygen atoms in total. The van der Waals surface area contributed by atoms with Gasteiger partial charge in [0, 0.05) is 6.20 Å². The van der Waals surface area contributed by atoms with Gasteiger partial charge in [-0.25, -0.2) is 4.98 Å². The third-order valence-corrected chi connectivity index (χ3v) is 2.00. The van der Waals surface area contributed by atoms with Crippen LogP contribution in [0.25, 0.3) is 0 Å². The first kappa shape index (κ1) is 11.5. The molecular formula is C11H11ClN2O. The SMILES string of the molecule is C#CC(C)(C)NC(=O)c1ccc(Cl)nc1. The summed E-state index contributed by atoms with van der Waals surface area (Å²) in [4.78, 5) is 15.4. The quantitative estimate of drug-likeness (QED) is 0.613. The van der Waals surface area contributed by atoms with Gasteiger partial charge in [-0.1, -0.05) is 17.5 Å². The van der Waals surface area contributed by atoms with Gasteiger partial charge in [0.1, 0.15) is 5.15 Å². The molecule has 4 heteroatoms. The Labute approximate surface area is 93.9 Å². The van der Waals surface area contributed by atoms with Gasteiger partial charge in [-0.3, -0.25) is 4.79 Å². The zero-order valence-electron chi connectivity index (χ0n) is 8.54. The summed E-state index contributed by atoms with van der Waals surface area (Å²) in [5.41, 5.74) is -0.237. The highest BCUT2D eigenvalue weighted by atomic mass is 35.5. The summed E-state index contributed by atoms with van der Waals surface area (Å²) in [5.74, 6) is 2.21. The summed E-state index contributed by atoms with van der Waals surface area (Å²) in [6, 6.07) is 3.15. The summed E-state index contributed by atoms with van der Waals surface area (Å²) < 4.78 is 0. The molecule has 0 saturated heterocycles. The third-order valence-electron chi connectivity index (χ3n) is 1.78. The average molecular weight is 223 g/mol. The molecule has 0 aliphatic heterocycles. The molecule has 0 radical (unpaired) electrons. The minimum Gasteiger partial charge on any atom is -0.336 e. The number of nitrogens with zero attached hydrogens (tertiary/aromatic N) is 1. The number of amides is 1. The molecule has 0 unspecified atom stereocenters. The van der Waals surface area contributed by atoms with E-state index in [9.17, 15) is 4.79 Å². The number of carbonyl (C=O) groups is 1. The predicted octanol–water partition coefficient (Wildman–Crippen LogP) is 1.88. The van der Waals surface area contributed by atoms with Gasteiger partial charge < -0.3 is 5.32 Å². The lowest BCUT2D eigenvalue weighted by molar-refractivity contribution is 0.0929. The molecule has 0 aromatic carbocycles. The number of terminal acetylenes is 1. The number of hydrogen-bond acceptors (Lipinski definition) is 2. The van der Waals surface area contributed by atoms with Crippen LogP contribution in [-0.2, 0) is 0 Å². The van der Waals surface area contributed by atoms with Crippen LogP contribution in [0.2, 0.25) is 5.15 Å². The van der Waals surface area contributed by atoms with Crippen molar-refractivity contribution in [3.05, 3.63) is 29.0 Å². The molecule has 0 saturated carbocycles. The first-order chi connectivity index (χ1) is 6.94. The molecule has 0 bridgehead atoms. The lowest BCUT2D eigenvalue weighted by atomic mass is 10.1. The van der Waals surface area contributed by atoms with Gasteiger partial charge in [0.25, 0.3) is 5.91 Å². The van der Waals surface area contributed by atoms with Crippen molar-refractivity contribution < 1.29 is 4.79 Å². The second-order valence-corrected chi connectivity index (χ2v) is 3.98. The molecule has 1 heterocycles. The molecule has 1 amide bonds. The Morgan fingerprint density at radius 3 is 2.73 bits per heavy atom. The van der Waals surface area contributed by atoms with Crippen LogP contribution in [0.5, 0.6) is 0 Å². The molecule has 15 heavy (non-hydrogen) atoms. The number of aromatic nitrogens is 1. The minimum atomic E-state index is -0.670. The molecule has 0 atom stereocenters. The highest BCUT2D eigenvalue weighted by Crippen LogP contribution is 2.07. The minimum absolute atomic E-state index is 0.262. The maximum atomic E-state index is 11.6. The largest absolute Gasteiger partial charge is 0.336 e. The summed E-state index contributed by atoms with van der Waals surface area (Å²) >= 11 is 5.60. The second kappa shape index (κ2) is 4.33. The van der Waals surface area contributed by atoms with Crippen LogP contribution in [0, 0.1) is 12.3 Å². The van der Waals surface area contributed by atoms with Gasteiger partial charge in [-0.2, -0.15) is 0 Å². The lowest BCUT2D eigenvalue weighted by Crippen LogP contribution is -2.42. The number of carbonyl (C=O) groups excluding carboxylic acids is 1. The predicted molar refractivity (Wildman–Crippen MR) is 59.6 cm³/mol. The summed E-state index contributed by atoms with van der Waals surface area (Å²) in [7, 11) is 0. The molecule has 0 spiro atoms. The van der Waals surface area contributed by atoms with Crippen LogP contribution in [0.15, 0.2) is 18.3 Å². The fourth-order valence-electron chi connectivity index (χ4n) is 0.902. The maximum Gasteiger partial charge on any atom is 0.254 e. The van der Waals surface area contributed by atoms with E-state index in [-0.39, 0.29) is 5.91 Å². The average Bonchev–Trinajstić information content (AvgIpc) is 2.18. The lowest BCUT2D eigenvalue weighted by Gasteiger charge is -2.19. The number of rotatable bonds is 2. The van der Waals surface area contributed by atoms with Crippen LogP contribution < -0.4 is 5.32 Å². The van der Waals surface area contributed by atoms with Gasteiger partial charge in [0.15, 0.2) is 0 Å². The summed E-state index contributed by atoms with van der Waals surface area (Å²) in [6.45, 7) is 3.49.